The Morgan fingerprint density at radius 2 is 1.78 bits per heavy atom. The van der Waals surface area contributed by atoms with Gasteiger partial charge in [0, 0.05) is 26.0 Å². The molecule has 0 spiro atoms. The van der Waals surface area contributed by atoms with E-state index in [1.807, 2.05) is 31.2 Å². The van der Waals surface area contributed by atoms with Gasteiger partial charge >= 0.3 is 0 Å². The highest BCUT2D eigenvalue weighted by molar-refractivity contribution is 5.78. The lowest BCUT2D eigenvalue weighted by Gasteiger charge is -2.15. The van der Waals surface area contributed by atoms with E-state index >= 15 is 0 Å². The van der Waals surface area contributed by atoms with Crippen molar-refractivity contribution in [2.24, 2.45) is 0 Å². The van der Waals surface area contributed by atoms with Crippen LogP contribution in [0.2, 0.25) is 0 Å². The molecule has 0 aliphatic heterocycles. The molecule has 5 heteroatoms. The molecule has 5 nitrogen and oxygen atoms in total. The summed E-state index contributed by atoms with van der Waals surface area (Å²) in [5.41, 5.74) is 3.34. The van der Waals surface area contributed by atoms with Gasteiger partial charge in [-0.1, -0.05) is 24.3 Å². The van der Waals surface area contributed by atoms with Gasteiger partial charge in [0.2, 0.25) is 5.91 Å². The third-order valence-electron chi connectivity index (χ3n) is 3.57. The topological polar surface area (TPSA) is 63.2 Å². The van der Waals surface area contributed by atoms with Crippen LogP contribution in [0.5, 0.6) is 0 Å². The van der Waals surface area contributed by atoms with E-state index in [-0.39, 0.29) is 11.9 Å². The third-order valence-corrected chi connectivity index (χ3v) is 3.57. The summed E-state index contributed by atoms with van der Waals surface area (Å²) < 4.78 is 4.92. The molecular weight excluding hydrogens is 290 g/mol. The summed E-state index contributed by atoms with van der Waals surface area (Å²) in [5.74, 6) is -0.0215. The number of carbonyl (C=O) groups excluding carboxylic acids is 1. The summed E-state index contributed by atoms with van der Waals surface area (Å²) in [6.45, 7) is 3.54. The average molecular weight is 313 g/mol. The van der Waals surface area contributed by atoms with Crippen molar-refractivity contribution in [3.8, 4) is 11.1 Å². The lowest BCUT2D eigenvalue weighted by molar-refractivity contribution is -0.120. The van der Waals surface area contributed by atoms with Crippen LogP contribution in [0, 0.1) is 0 Å². The Hall–Kier alpha value is -2.24. The van der Waals surface area contributed by atoms with Gasteiger partial charge in [0.1, 0.15) is 0 Å². The summed E-state index contributed by atoms with van der Waals surface area (Å²) in [7, 11) is 1.64. The smallest absolute Gasteiger partial charge is 0.234 e. The Morgan fingerprint density at radius 3 is 2.43 bits per heavy atom. The van der Waals surface area contributed by atoms with Crippen LogP contribution in [0.4, 0.5) is 0 Å². The highest BCUT2D eigenvalue weighted by Crippen LogP contribution is 2.21. The fraction of sp³-hybridized carbons (Fsp3) is 0.333. The molecule has 1 aromatic carbocycles. The zero-order valence-electron chi connectivity index (χ0n) is 13.6. The van der Waals surface area contributed by atoms with E-state index in [9.17, 15) is 4.79 Å². The highest BCUT2D eigenvalue weighted by Gasteiger charge is 2.09. The van der Waals surface area contributed by atoms with Gasteiger partial charge in [-0.3, -0.25) is 9.78 Å². The molecule has 1 aromatic heterocycles. The molecule has 122 valence electrons. The number of pyridine rings is 1. The molecule has 2 rings (SSSR count). The molecular formula is C18H23N3O2. The first-order valence-corrected chi connectivity index (χ1v) is 7.70. The average Bonchev–Trinajstić information content (AvgIpc) is 2.59. The molecule has 0 fully saturated rings. The number of amides is 1. The molecule has 0 saturated carbocycles. The number of ether oxygens (including phenoxy) is 1. The van der Waals surface area contributed by atoms with Crippen molar-refractivity contribution in [2.75, 3.05) is 26.8 Å². The van der Waals surface area contributed by atoms with Gasteiger partial charge in [0.05, 0.1) is 19.2 Å². The second-order valence-electron chi connectivity index (χ2n) is 5.32. The van der Waals surface area contributed by atoms with Crippen molar-refractivity contribution in [3.63, 3.8) is 0 Å². The SMILES string of the molecule is COCCNCC(=O)NC(C)c1ccc(-c2ccncc2)cc1. The van der Waals surface area contributed by atoms with Gasteiger partial charge < -0.3 is 15.4 Å². The minimum atomic E-state index is -0.0294. The number of carbonyl (C=O) groups is 1. The first-order valence-electron chi connectivity index (χ1n) is 7.70. The molecule has 0 bridgehead atoms. The van der Waals surface area contributed by atoms with Crippen LogP contribution in [0.15, 0.2) is 48.8 Å². The molecule has 1 atom stereocenters. The van der Waals surface area contributed by atoms with Crippen LogP contribution in [-0.4, -0.2) is 37.7 Å². The molecule has 2 N–H and O–H groups in total. The van der Waals surface area contributed by atoms with Gasteiger partial charge in [-0.2, -0.15) is 0 Å². The molecule has 1 amide bonds. The maximum atomic E-state index is 11.9. The number of aromatic nitrogens is 1. The van der Waals surface area contributed by atoms with Crippen LogP contribution < -0.4 is 10.6 Å². The van der Waals surface area contributed by atoms with Crippen molar-refractivity contribution >= 4 is 5.91 Å². The van der Waals surface area contributed by atoms with Crippen molar-refractivity contribution < 1.29 is 9.53 Å². The minimum absolute atomic E-state index is 0.0215. The highest BCUT2D eigenvalue weighted by atomic mass is 16.5. The van der Waals surface area contributed by atoms with E-state index in [0.717, 1.165) is 16.7 Å². The van der Waals surface area contributed by atoms with Crippen LogP contribution in [0.3, 0.4) is 0 Å². The summed E-state index contributed by atoms with van der Waals surface area (Å²) in [6, 6.07) is 12.1. The Labute approximate surface area is 137 Å². The summed E-state index contributed by atoms with van der Waals surface area (Å²) in [4.78, 5) is 15.9. The predicted molar refractivity (Wildman–Crippen MR) is 91.0 cm³/mol. The van der Waals surface area contributed by atoms with E-state index in [4.69, 9.17) is 4.74 Å². The van der Waals surface area contributed by atoms with Crippen molar-refractivity contribution in [3.05, 3.63) is 54.4 Å². The van der Waals surface area contributed by atoms with Gasteiger partial charge in [0.25, 0.3) is 0 Å². The molecule has 1 unspecified atom stereocenters. The standard InChI is InChI=1S/C18H23N3O2/c1-14(21-18(22)13-20-11-12-23-2)15-3-5-16(6-4-15)17-7-9-19-10-8-17/h3-10,14,20H,11-13H2,1-2H3,(H,21,22). The Morgan fingerprint density at radius 1 is 1.13 bits per heavy atom. The lowest BCUT2D eigenvalue weighted by atomic mass is 10.0. The van der Waals surface area contributed by atoms with E-state index in [1.54, 1.807) is 19.5 Å². The molecule has 0 aliphatic carbocycles. The van der Waals surface area contributed by atoms with E-state index < -0.39 is 0 Å². The predicted octanol–water partition coefficient (Wildman–Crippen LogP) is 2.16. The van der Waals surface area contributed by atoms with Crippen LogP contribution >= 0.6 is 0 Å². The number of methoxy groups -OCH3 is 1. The number of rotatable bonds is 8. The Kier molecular flexibility index (Phi) is 6.72. The second-order valence-corrected chi connectivity index (χ2v) is 5.32. The Bertz CT molecular complexity index is 599. The zero-order valence-corrected chi connectivity index (χ0v) is 13.6. The fourth-order valence-electron chi connectivity index (χ4n) is 2.26. The van der Waals surface area contributed by atoms with Gasteiger partial charge in [-0.05, 0) is 35.7 Å². The monoisotopic (exact) mass is 313 g/mol. The number of nitrogens with one attached hydrogen (secondary N) is 2. The fourth-order valence-corrected chi connectivity index (χ4v) is 2.26. The van der Waals surface area contributed by atoms with E-state index in [0.29, 0.717) is 19.7 Å². The molecule has 2 aromatic rings. The van der Waals surface area contributed by atoms with Crippen LogP contribution in [0.25, 0.3) is 11.1 Å². The van der Waals surface area contributed by atoms with Gasteiger partial charge in [-0.15, -0.1) is 0 Å². The quantitative estimate of drug-likeness (QED) is 0.733. The number of hydrogen-bond donors (Lipinski definition) is 2. The largest absolute Gasteiger partial charge is 0.383 e. The normalized spacial score (nSPS) is 11.9. The van der Waals surface area contributed by atoms with Gasteiger partial charge in [0.15, 0.2) is 0 Å². The maximum Gasteiger partial charge on any atom is 0.234 e. The van der Waals surface area contributed by atoms with Crippen LogP contribution in [0.1, 0.15) is 18.5 Å². The molecule has 0 radical (unpaired) electrons. The lowest BCUT2D eigenvalue weighted by Crippen LogP contribution is -2.36. The number of benzene rings is 1. The Balaban J connectivity index is 1.87. The summed E-state index contributed by atoms with van der Waals surface area (Å²) in [5, 5.41) is 6.01. The first-order chi connectivity index (χ1) is 11.2. The molecule has 23 heavy (non-hydrogen) atoms. The van der Waals surface area contributed by atoms with Gasteiger partial charge in [-0.25, -0.2) is 0 Å². The minimum Gasteiger partial charge on any atom is -0.383 e. The summed E-state index contributed by atoms with van der Waals surface area (Å²) in [6.07, 6.45) is 3.56. The molecule has 1 heterocycles. The number of hydrogen-bond acceptors (Lipinski definition) is 4. The summed E-state index contributed by atoms with van der Waals surface area (Å²) >= 11 is 0. The third kappa shape index (κ3) is 5.47. The number of nitrogens with zero attached hydrogens (tertiary/aromatic N) is 1. The second kappa shape index (κ2) is 9.02. The molecule has 0 saturated heterocycles. The van der Waals surface area contributed by atoms with Crippen molar-refractivity contribution in [1.29, 1.82) is 0 Å². The first kappa shape index (κ1) is 17.1. The van der Waals surface area contributed by atoms with Crippen molar-refractivity contribution in [2.45, 2.75) is 13.0 Å². The van der Waals surface area contributed by atoms with Crippen LogP contribution in [-0.2, 0) is 9.53 Å². The van der Waals surface area contributed by atoms with Crippen molar-refractivity contribution in [1.82, 2.24) is 15.6 Å². The van der Waals surface area contributed by atoms with E-state index in [1.165, 1.54) is 0 Å². The van der Waals surface area contributed by atoms with E-state index in [2.05, 4.69) is 27.8 Å². The maximum absolute atomic E-state index is 11.9. The molecule has 0 aliphatic rings. The zero-order chi connectivity index (χ0) is 16.5.